The van der Waals surface area contributed by atoms with Gasteiger partial charge in [-0.05, 0) is 30.7 Å². The smallest absolute Gasteiger partial charge is 0.355 e. The summed E-state index contributed by atoms with van der Waals surface area (Å²) in [6, 6.07) is 10.7. The molecule has 1 aromatic carbocycles. The number of halogens is 3. The van der Waals surface area contributed by atoms with Crippen molar-refractivity contribution in [1.82, 2.24) is 9.88 Å². The third kappa shape index (κ3) is 4.02. The molecule has 1 aromatic heterocycles. The van der Waals surface area contributed by atoms with Crippen LogP contribution in [0.4, 0.5) is 24.7 Å². The number of carbonyl (C=O) groups excluding carboxylic acids is 2. The van der Waals surface area contributed by atoms with Crippen molar-refractivity contribution in [2.75, 3.05) is 36.0 Å². The Hall–Kier alpha value is -2.94. The van der Waals surface area contributed by atoms with Gasteiger partial charge in [-0.15, -0.1) is 0 Å². The summed E-state index contributed by atoms with van der Waals surface area (Å²) in [6.45, 7) is 2.28. The number of hydrogen-bond donors (Lipinski definition) is 0. The Labute approximate surface area is 171 Å². The van der Waals surface area contributed by atoms with Crippen molar-refractivity contribution in [3.8, 4) is 0 Å². The summed E-state index contributed by atoms with van der Waals surface area (Å²) in [5.41, 5.74) is -0.209. The number of aromatic nitrogens is 1. The Morgan fingerprint density at radius 3 is 2.37 bits per heavy atom. The van der Waals surface area contributed by atoms with E-state index in [-0.39, 0.29) is 18.2 Å². The summed E-state index contributed by atoms with van der Waals surface area (Å²) in [6.07, 6.45) is -2.73. The number of para-hydroxylation sites is 1. The van der Waals surface area contributed by atoms with Gasteiger partial charge in [0.1, 0.15) is 5.82 Å². The molecular formula is C21H21F3N4O2. The fourth-order valence-corrected chi connectivity index (χ4v) is 3.97. The van der Waals surface area contributed by atoms with Crippen LogP contribution in [0, 0.1) is 0 Å². The van der Waals surface area contributed by atoms with Crippen LogP contribution in [0.2, 0.25) is 0 Å². The first kappa shape index (κ1) is 20.3. The Morgan fingerprint density at radius 1 is 0.933 bits per heavy atom. The maximum Gasteiger partial charge on any atom is 0.417 e. The van der Waals surface area contributed by atoms with Crippen molar-refractivity contribution in [2.24, 2.45) is 0 Å². The molecule has 1 unspecified atom stereocenters. The van der Waals surface area contributed by atoms with Crippen LogP contribution in [-0.2, 0) is 15.8 Å². The molecule has 2 fully saturated rings. The number of carbonyl (C=O) groups is 2. The average Bonchev–Trinajstić information content (AvgIpc) is 2.89. The topological polar surface area (TPSA) is 56.8 Å². The highest BCUT2D eigenvalue weighted by Gasteiger charge is 2.43. The number of rotatable bonds is 3. The first-order chi connectivity index (χ1) is 14.3. The molecule has 2 amide bonds. The lowest BCUT2D eigenvalue weighted by Crippen LogP contribution is -2.44. The van der Waals surface area contributed by atoms with E-state index >= 15 is 0 Å². The first-order valence-corrected chi connectivity index (χ1v) is 9.79. The molecule has 0 bridgehead atoms. The zero-order valence-corrected chi connectivity index (χ0v) is 16.2. The number of alkyl halides is 3. The van der Waals surface area contributed by atoms with E-state index in [0.29, 0.717) is 44.1 Å². The fourth-order valence-electron chi connectivity index (χ4n) is 3.97. The molecule has 0 radical (unpaired) electrons. The van der Waals surface area contributed by atoms with Gasteiger partial charge in [-0.1, -0.05) is 18.2 Å². The molecule has 2 aliphatic heterocycles. The molecule has 2 saturated heterocycles. The number of anilines is 2. The molecule has 4 rings (SSSR count). The highest BCUT2D eigenvalue weighted by molar-refractivity contribution is 6.22. The molecule has 0 spiro atoms. The largest absolute Gasteiger partial charge is 0.417 e. The molecule has 0 N–H and O–H groups in total. The van der Waals surface area contributed by atoms with Gasteiger partial charge in [0.2, 0.25) is 5.91 Å². The van der Waals surface area contributed by atoms with Crippen molar-refractivity contribution in [1.29, 1.82) is 0 Å². The molecule has 0 saturated carbocycles. The maximum absolute atomic E-state index is 12.9. The van der Waals surface area contributed by atoms with E-state index in [1.54, 1.807) is 24.3 Å². The van der Waals surface area contributed by atoms with Gasteiger partial charge in [-0.25, -0.2) is 9.88 Å². The minimum Gasteiger partial charge on any atom is -0.355 e. The van der Waals surface area contributed by atoms with Crippen LogP contribution in [0.5, 0.6) is 0 Å². The van der Waals surface area contributed by atoms with E-state index in [9.17, 15) is 22.8 Å². The van der Waals surface area contributed by atoms with Gasteiger partial charge in [-0.3, -0.25) is 14.5 Å². The normalized spacial score (nSPS) is 21.2. The first-order valence-electron chi connectivity index (χ1n) is 9.79. The third-order valence-electron chi connectivity index (χ3n) is 5.51. The Balaban J connectivity index is 1.43. The molecule has 30 heavy (non-hydrogen) atoms. The third-order valence-corrected chi connectivity index (χ3v) is 5.51. The van der Waals surface area contributed by atoms with Crippen LogP contribution in [-0.4, -0.2) is 53.9 Å². The van der Waals surface area contributed by atoms with Crippen molar-refractivity contribution in [3.63, 3.8) is 0 Å². The number of imide groups is 1. The monoisotopic (exact) mass is 418 g/mol. The Morgan fingerprint density at radius 2 is 1.70 bits per heavy atom. The van der Waals surface area contributed by atoms with E-state index in [1.165, 1.54) is 11.0 Å². The van der Waals surface area contributed by atoms with Gasteiger partial charge in [0.25, 0.3) is 5.91 Å². The second-order valence-electron chi connectivity index (χ2n) is 7.40. The lowest BCUT2D eigenvalue weighted by Gasteiger charge is -2.26. The Kier molecular flexibility index (Phi) is 5.46. The summed E-state index contributed by atoms with van der Waals surface area (Å²) < 4.78 is 38.2. The van der Waals surface area contributed by atoms with E-state index in [0.717, 1.165) is 12.3 Å². The van der Waals surface area contributed by atoms with Gasteiger partial charge in [-0.2, -0.15) is 13.2 Å². The molecule has 2 aliphatic rings. The molecule has 9 heteroatoms. The second kappa shape index (κ2) is 8.06. The molecule has 0 aliphatic carbocycles. The van der Waals surface area contributed by atoms with Gasteiger partial charge < -0.3 is 4.90 Å². The molecule has 1 atom stereocenters. The maximum atomic E-state index is 12.9. The number of hydrogen-bond acceptors (Lipinski definition) is 5. The standard InChI is InChI=1S/C21H21F3N4O2/c22-21(23,24)15-7-8-18(25-14-15)27-10-4-9-26(11-12-27)17-13-19(29)28(20(17)30)16-5-2-1-3-6-16/h1-3,5-8,14,17H,4,9-13H2. The molecular weight excluding hydrogens is 397 g/mol. The molecule has 6 nitrogen and oxygen atoms in total. The second-order valence-corrected chi connectivity index (χ2v) is 7.40. The van der Waals surface area contributed by atoms with Gasteiger partial charge >= 0.3 is 6.18 Å². The lowest BCUT2D eigenvalue weighted by molar-refractivity contribution is -0.137. The molecule has 2 aromatic rings. The summed E-state index contributed by atoms with van der Waals surface area (Å²) in [5, 5.41) is 0. The number of amides is 2. The summed E-state index contributed by atoms with van der Waals surface area (Å²) in [7, 11) is 0. The van der Waals surface area contributed by atoms with Crippen LogP contribution >= 0.6 is 0 Å². The van der Waals surface area contributed by atoms with Crippen LogP contribution < -0.4 is 9.80 Å². The van der Waals surface area contributed by atoms with E-state index in [2.05, 4.69) is 4.98 Å². The van der Waals surface area contributed by atoms with E-state index < -0.39 is 17.8 Å². The van der Waals surface area contributed by atoms with Crippen LogP contribution in [0.1, 0.15) is 18.4 Å². The van der Waals surface area contributed by atoms with Gasteiger partial charge in [0, 0.05) is 32.4 Å². The predicted molar refractivity (Wildman–Crippen MR) is 105 cm³/mol. The van der Waals surface area contributed by atoms with Crippen molar-refractivity contribution < 1.29 is 22.8 Å². The van der Waals surface area contributed by atoms with Crippen molar-refractivity contribution >= 4 is 23.3 Å². The summed E-state index contributed by atoms with van der Waals surface area (Å²) in [5.74, 6) is 0.0265. The number of nitrogens with zero attached hydrogens (tertiary/aromatic N) is 4. The Bertz CT molecular complexity index is 918. The summed E-state index contributed by atoms with van der Waals surface area (Å²) >= 11 is 0. The van der Waals surface area contributed by atoms with Gasteiger partial charge in [0.15, 0.2) is 0 Å². The van der Waals surface area contributed by atoms with E-state index in [4.69, 9.17) is 0 Å². The lowest BCUT2D eigenvalue weighted by atomic mass is 10.2. The van der Waals surface area contributed by atoms with Crippen LogP contribution in [0.3, 0.4) is 0 Å². The molecule has 3 heterocycles. The van der Waals surface area contributed by atoms with Crippen LogP contribution in [0.15, 0.2) is 48.7 Å². The quantitative estimate of drug-likeness (QED) is 0.718. The zero-order valence-electron chi connectivity index (χ0n) is 16.2. The van der Waals surface area contributed by atoms with Gasteiger partial charge in [0.05, 0.1) is 23.7 Å². The van der Waals surface area contributed by atoms with E-state index in [1.807, 2.05) is 15.9 Å². The highest BCUT2D eigenvalue weighted by Crippen LogP contribution is 2.30. The zero-order chi connectivity index (χ0) is 21.3. The number of benzene rings is 1. The predicted octanol–water partition coefficient (Wildman–Crippen LogP) is 2.94. The van der Waals surface area contributed by atoms with Crippen molar-refractivity contribution in [2.45, 2.75) is 25.1 Å². The summed E-state index contributed by atoms with van der Waals surface area (Å²) in [4.78, 5) is 34.5. The van der Waals surface area contributed by atoms with Crippen LogP contribution in [0.25, 0.3) is 0 Å². The minimum atomic E-state index is -4.42. The highest BCUT2D eigenvalue weighted by atomic mass is 19.4. The number of pyridine rings is 1. The molecule has 158 valence electrons. The fraction of sp³-hybridized carbons (Fsp3) is 0.381. The van der Waals surface area contributed by atoms with Crippen molar-refractivity contribution in [3.05, 3.63) is 54.2 Å². The average molecular weight is 418 g/mol. The minimum absolute atomic E-state index is 0.131. The SMILES string of the molecule is O=C1CC(N2CCCN(c3ccc(C(F)(F)F)cn3)CC2)C(=O)N1c1ccccc1.